The van der Waals surface area contributed by atoms with Crippen LogP contribution in [0.2, 0.25) is 0 Å². The molecule has 0 spiro atoms. The average molecular weight is 503 g/mol. The number of ether oxygens (including phenoxy) is 1. The van der Waals surface area contributed by atoms with E-state index in [9.17, 15) is 18.0 Å². The van der Waals surface area contributed by atoms with E-state index in [0.717, 1.165) is 39.8 Å². The Kier molecular flexibility index (Phi) is 5.15. The van der Waals surface area contributed by atoms with Crippen LogP contribution in [0.15, 0.2) is 60.9 Å². The van der Waals surface area contributed by atoms with Crippen LogP contribution < -0.4 is 10.1 Å². The molecule has 3 aromatic heterocycles. The van der Waals surface area contributed by atoms with Crippen LogP contribution in [0.3, 0.4) is 0 Å². The van der Waals surface area contributed by atoms with Gasteiger partial charge >= 0.3 is 12.2 Å². The molecule has 0 radical (unpaired) electrons. The van der Waals surface area contributed by atoms with Crippen LogP contribution in [-0.2, 0) is 6.18 Å². The first-order valence-electron chi connectivity index (χ1n) is 11.6. The predicted molar refractivity (Wildman–Crippen MR) is 131 cm³/mol. The van der Waals surface area contributed by atoms with Crippen molar-refractivity contribution in [1.29, 1.82) is 0 Å². The molecule has 5 aromatic rings. The molecule has 7 nitrogen and oxygen atoms in total. The van der Waals surface area contributed by atoms with Crippen LogP contribution in [-0.4, -0.2) is 32.4 Å². The van der Waals surface area contributed by atoms with Crippen LogP contribution in [0.5, 0.6) is 5.75 Å². The lowest BCUT2D eigenvalue weighted by atomic mass is 10.0. The standard InChI is InChI=1S/C27H20F3N5O2/c1-14-24-15(2)34-35(25(24)20-5-3-4-6-21(20)32-14)26(36)33-22-13-37-23-10-16(7-8-19(22)23)17-9-18(12-31-11-17)27(28,29)30/h3-12,22H,13H2,1-2H3,(H,33,36)/t22-/m1/s1. The maximum atomic E-state index is 13.4. The number of nitrogens with one attached hydrogen (secondary N) is 1. The quantitative estimate of drug-likeness (QED) is 0.321. The number of para-hydroxylation sites is 1. The molecule has 37 heavy (non-hydrogen) atoms. The second-order valence-corrected chi connectivity index (χ2v) is 8.96. The van der Waals surface area contributed by atoms with Crippen molar-refractivity contribution >= 4 is 27.8 Å². The van der Waals surface area contributed by atoms with Gasteiger partial charge in [0.1, 0.15) is 12.4 Å². The SMILES string of the molecule is Cc1nc2ccccc2c2c1c(C)nn2C(=O)N[C@@H]1COc2cc(-c3cncc(C(F)(F)F)c3)ccc21. The molecule has 1 aliphatic rings. The zero-order valence-electron chi connectivity index (χ0n) is 19.8. The minimum atomic E-state index is -4.49. The molecule has 6 rings (SSSR count). The summed E-state index contributed by atoms with van der Waals surface area (Å²) in [5.74, 6) is 0.493. The highest BCUT2D eigenvalue weighted by Crippen LogP contribution is 2.38. The molecule has 1 N–H and O–H groups in total. The Morgan fingerprint density at radius 3 is 2.68 bits per heavy atom. The average Bonchev–Trinajstić information content (AvgIpc) is 3.44. The number of halogens is 3. The van der Waals surface area contributed by atoms with Gasteiger partial charge in [0.05, 0.1) is 28.3 Å². The summed E-state index contributed by atoms with van der Waals surface area (Å²) in [6.45, 7) is 3.92. The van der Waals surface area contributed by atoms with Gasteiger partial charge in [-0.15, -0.1) is 0 Å². The first kappa shape index (κ1) is 23.0. The molecule has 0 bridgehead atoms. The number of nitrogens with zero attached hydrogens (tertiary/aromatic N) is 4. The number of pyridine rings is 2. The van der Waals surface area contributed by atoms with Crippen molar-refractivity contribution in [2.24, 2.45) is 0 Å². The Balaban J connectivity index is 1.32. The molecule has 4 heterocycles. The van der Waals surface area contributed by atoms with Crippen molar-refractivity contribution < 1.29 is 22.7 Å². The lowest BCUT2D eigenvalue weighted by molar-refractivity contribution is -0.137. The van der Waals surface area contributed by atoms with E-state index in [2.05, 4.69) is 20.4 Å². The topological polar surface area (TPSA) is 81.9 Å². The van der Waals surface area contributed by atoms with Gasteiger partial charge in [-0.25, -0.2) is 4.79 Å². The third-order valence-electron chi connectivity index (χ3n) is 6.55. The highest BCUT2D eigenvalue weighted by atomic mass is 19.4. The van der Waals surface area contributed by atoms with Crippen molar-refractivity contribution in [1.82, 2.24) is 25.1 Å². The summed E-state index contributed by atoms with van der Waals surface area (Å²) in [5, 5.41) is 9.14. The number of amides is 1. The van der Waals surface area contributed by atoms with E-state index in [0.29, 0.717) is 28.1 Å². The van der Waals surface area contributed by atoms with Crippen LogP contribution in [0.25, 0.3) is 32.9 Å². The summed E-state index contributed by atoms with van der Waals surface area (Å²) < 4.78 is 46.5. The lowest BCUT2D eigenvalue weighted by Crippen LogP contribution is -2.33. The summed E-state index contributed by atoms with van der Waals surface area (Å²) >= 11 is 0. The molecule has 0 fully saturated rings. The van der Waals surface area contributed by atoms with E-state index >= 15 is 0 Å². The largest absolute Gasteiger partial charge is 0.491 e. The molecule has 10 heteroatoms. The van der Waals surface area contributed by atoms with Crippen molar-refractivity contribution in [3.05, 3.63) is 83.4 Å². The van der Waals surface area contributed by atoms with E-state index in [4.69, 9.17) is 4.74 Å². The maximum Gasteiger partial charge on any atom is 0.417 e. The van der Waals surface area contributed by atoms with E-state index in [1.165, 1.54) is 10.9 Å². The maximum absolute atomic E-state index is 13.4. The van der Waals surface area contributed by atoms with Gasteiger partial charge in [0, 0.05) is 40.0 Å². The summed E-state index contributed by atoms with van der Waals surface area (Å²) in [6, 6.07) is 12.9. The molecule has 0 unspecified atom stereocenters. The van der Waals surface area contributed by atoms with Crippen molar-refractivity contribution in [2.45, 2.75) is 26.1 Å². The van der Waals surface area contributed by atoms with E-state index in [-0.39, 0.29) is 6.61 Å². The molecule has 0 saturated carbocycles. The second kappa shape index (κ2) is 8.29. The molecular weight excluding hydrogens is 483 g/mol. The highest BCUT2D eigenvalue weighted by molar-refractivity contribution is 6.08. The summed E-state index contributed by atoms with van der Waals surface area (Å²) in [7, 11) is 0. The lowest BCUT2D eigenvalue weighted by Gasteiger charge is -2.13. The van der Waals surface area contributed by atoms with E-state index < -0.39 is 23.8 Å². The monoisotopic (exact) mass is 503 g/mol. The number of fused-ring (bicyclic) bond motifs is 4. The predicted octanol–water partition coefficient (Wildman–Crippen LogP) is 5.97. The van der Waals surface area contributed by atoms with Gasteiger partial charge in [0.2, 0.25) is 0 Å². The number of benzene rings is 2. The van der Waals surface area contributed by atoms with E-state index in [1.54, 1.807) is 18.2 Å². The van der Waals surface area contributed by atoms with Gasteiger partial charge in [-0.2, -0.15) is 23.0 Å². The van der Waals surface area contributed by atoms with Crippen molar-refractivity contribution in [2.75, 3.05) is 6.61 Å². The molecule has 186 valence electrons. The molecule has 0 aliphatic carbocycles. The first-order chi connectivity index (χ1) is 17.7. The van der Waals surface area contributed by atoms with Gasteiger partial charge in [0.25, 0.3) is 0 Å². The van der Waals surface area contributed by atoms with Gasteiger partial charge in [-0.05, 0) is 37.6 Å². The molecule has 2 aromatic carbocycles. The number of carbonyl (C=O) groups excluding carboxylic acids is 1. The van der Waals surface area contributed by atoms with E-state index in [1.807, 2.05) is 38.1 Å². The zero-order valence-corrected chi connectivity index (χ0v) is 19.8. The number of hydrogen-bond acceptors (Lipinski definition) is 5. The Bertz CT molecular complexity index is 1710. The number of rotatable bonds is 2. The van der Waals surface area contributed by atoms with Gasteiger partial charge in [-0.1, -0.05) is 30.3 Å². The minimum absolute atomic E-state index is 0.185. The Morgan fingerprint density at radius 1 is 1.05 bits per heavy atom. The summed E-state index contributed by atoms with van der Waals surface area (Å²) in [6.07, 6.45) is -2.32. The Morgan fingerprint density at radius 2 is 1.86 bits per heavy atom. The molecular formula is C27H20F3N5O2. The number of aryl methyl sites for hydroxylation is 2. The molecule has 1 aliphatic heterocycles. The fourth-order valence-corrected chi connectivity index (χ4v) is 4.84. The molecule has 1 atom stereocenters. The fraction of sp³-hybridized carbons (Fsp3) is 0.185. The Hall–Kier alpha value is -4.47. The van der Waals surface area contributed by atoms with Crippen LogP contribution in [0.1, 0.15) is 28.6 Å². The van der Waals surface area contributed by atoms with Crippen molar-refractivity contribution in [3.63, 3.8) is 0 Å². The second-order valence-electron chi connectivity index (χ2n) is 8.96. The zero-order chi connectivity index (χ0) is 25.9. The number of hydrogen-bond donors (Lipinski definition) is 1. The van der Waals surface area contributed by atoms with Gasteiger partial charge < -0.3 is 10.1 Å². The first-order valence-corrected chi connectivity index (χ1v) is 11.6. The fourth-order valence-electron chi connectivity index (χ4n) is 4.84. The van der Waals surface area contributed by atoms with Gasteiger partial charge in [0.15, 0.2) is 0 Å². The highest BCUT2D eigenvalue weighted by Gasteiger charge is 2.32. The van der Waals surface area contributed by atoms with Crippen LogP contribution in [0, 0.1) is 13.8 Å². The van der Waals surface area contributed by atoms with Crippen molar-refractivity contribution in [3.8, 4) is 16.9 Å². The Labute approximate surface area is 208 Å². The number of aromatic nitrogens is 4. The minimum Gasteiger partial charge on any atom is -0.491 e. The summed E-state index contributed by atoms with van der Waals surface area (Å²) in [5.41, 5.74) is 3.71. The molecule has 1 amide bonds. The normalized spacial score (nSPS) is 15.1. The van der Waals surface area contributed by atoms with Crippen LogP contribution in [0.4, 0.5) is 18.0 Å². The third kappa shape index (κ3) is 3.85. The summed E-state index contributed by atoms with van der Waals surface area (Å²) in [4.78, 5) is 21.8. The number of alkyl halides is 3. The third-order valence-corrected chi connectivity index (χ3v) is 6.55. The number of carbonyl (C=O) groups is 1. The van der Waals surface area contributed by atoms with Crippen LogP contribution >= 0.6 is 0 Å². The van der Waals surface area contributed by atoms with Gasteiger partial charge in [-0.3, -0.25) is 9.97 Å². The molecule has 0 saturated heterocycles. The smallest absolute Gasteiger partial charge is 0.417 e.